The summed E-state index contributed by atoms with van der Waals surface area (Å²) in [5, 5.41) is 4.33. The highest BCUT2D eigenvalue weighted by molar-refractivity contribution is 7.00. The van der Waals surface area contributed by atoms with Crippen molar-refractivity contribution in [2.75, 3.05) is 14.7 Å². The van der Waals surface area contributed by atoms with Crippen LogP contribution >= 0.6 is 0 Å². The fourth-order valence-corrected chi connectivity index (χ4v) is 16.4. The van der Waals surface area contributed by atoms with Crippen molar-refractivity contribution in [3.8, 4) is 66.8 Å². The summed E-state index contributed by atoms with van der Waals surface area (Å²) in [6.45, 7) is 13.5. The summed E-state index contributed by atoms with van der Waals surface area (Å²) in [6.07, 6.45) is 0. The molecule has 0 aliphatic carbocycles. The molecule has 0 unspecified atom stereocenters. The summed E-state index contributed by atoms with van der Waals surface area (Å²) >= 11 is 0. The Labute approximate surface area is 607 Å². The Morgan fingerprint density at radius 1 is 0.260 bits per heavy atom. The molecule has 19 rings (SSSR count). The minimum Gasteiger partial charge on any atom is -0.456 e. The normalized spacial score (nSPS) is 12.7. The Morgan fingerprint density at radius 3 is 1.02 bits per heavy atom. The molecule has 2 aliphatic heterocycles. The Kier molecular flexibility index (Phi) is 14.7. The van der Waals surface area contributed by atoms with Crippen molar-refractivity contribution < 1.29 is 8.83 Å². The second-order valence-electron chi connectivity index (χ2n) is 30.0. The highest BCUT2D eigenvalue weighted by atomic mass is 16.3. The van der Waals surface area contributed by atoms with Gasteiger partial charge in [0.2, 0.25) is 0 Å². The van der Waals surface area contributed by atoms with Gasteiger partial charge in [-0.1, -0.05) is 290 Å². The second kappa shape index (κ2) is 24.6. The van der Waals surface area contributed by atoms with Crippen molar-refractivity contribution in [3.63, 3.8) is 0 Å². The van der Waals surface area contributed by atoms with Crippen molar-refractivity contribution in [3.05, 3.63) is 351 Å². The average molecular weight is 1340 g/mol. The van der Waals surface area contributed by atoms with Gasteiger partial charge in [-0.15, -0.1) is 0 Å². The first-order chi connectivity index (χ1) is 50.8. The standard InChI is InChI=1S/C98H74BN3O2/c1-97(2,3)71-44-48-73(49-45-71)100(74-50-46-72(47-51-74)98(4,5)6)75-52-54-85-87(62-75)102(96-78(65-29-15-9-16-30-65)37-24-38-79(96)66-31-17-10-18-32-66)89-61-70(68-43-56-93-83(58-68)81-34-20-22-40-91(81)104-93)60-88-94(89)99(85)84-53-41-69(67-42-55-92-82(57-67)80-33-19-21-39-90(80)103-92)59-86(84)101(88)95-76(63-25-11-7-12-26-63)35-23-36-77(95)64-27-13-8-14-28-64/h7-62H,1-6H3. The van der Waals surface area contributed by atoms with Crippen molar-refractivity contribution in [2.45, 2.75) is 52.4 Å². The van der Waals surface area contributed by atoms with Crippen LogP contribution in [-0.2, 0) is 10.8 Å². The van der Waals surface area contributed by atoms with Gasteiger partial charge in [-0.25, -0.2) is 0 Å². The first kappa shape index (κ1) is 62.4. The van der Waals surface area contributed by atoms with Crippen molar-refractivity contribution in [1.29, 1.82) is 0 Å². The summed E-state index contributed by atoms with van der Waals surface area (Å²) in [5.41, 5.74) is 32.4. The van der Waals surface area contributed by atoms with Crippen LogP contribution < -0.4 is 31.1 Å². The quantitative estimate of drug-likeness (QED) is 0.121. The molecule has 0 bridgehead atoms. The van der Waals surface area contributed by atoms with E-state index in [1.165, 1.54) is 27.5 Å². The topological polar surface area (TPSA) is 36.0 Å². The molecule has 0 radical (unpaired) electrons. The van der Waals surface area contributed by atoms with Crippen LogP contribution in [0.25, 0.3) is 111 Å². The first-order valence-corrected chi connectivity index (χ1v) is 36.2. The third-order valence-electron chi connectivity index (χ3n) is 21.6. The van der Waals surface area contributed by atoms with Crippen LogP contribution in [-0.4, -0.2) is 6.71 Å². The van der Waals surface area contributed by atoms with Gasteiger partial charge >= 0.3 is 0 Å². The Balaban J connectivity index is 0.970. The summed E-state index contributed by atoms with van der Waals surface area (Å²) in [5.74, 6) is 0. The van der Waals surface area contributed by atoms with Crippen molar-refractivity contribution in [1.82, 2.24) is 0 Å². The molecule has 4 heterocycles. The highest BCUT2D eigenvalue weighted by Crippen LogP contribution is 2.55. The lowest BCUT2D eigenvalue weighted by Crippen LogP contribution is -2.61. The SMILES string of the molecule is CC(C)(C)c1ccc(N(c2ccc(C(C)(C)C)cc2)c2ccc3c(c2)N(c2c(-c4ccccc4)cccc2-c2ccccc2)c2cc(-c4ccc5oc6ccccc6c5c4)cc4c2B3c2ccc(-c3ccc5oc6ccccc6c5c3)cc2N4c2c(-c3ccccc3)cccc2-c2ccccc2)cc1. The monoisotopic (exact) mass is 1340 g/mol. The number of hydrogen-bond donors (Lipinski definition) is 0. The molecular formula is C98H74BN3O2. The third kappa shape index (κ3) is 10.5. The van der Waals surface area contributed by atoms with Gasteiger partial charge in [0, 0.05) is 83.6 Å². The van der Waals surface area contributed by atoms with Gasteiger partial charge in [0.15, 0.2) is 0 Å². The minimum atomic E-state index is -0.283. The molecule has 2 aliphatic rings. The number of para-hydroxylation sites is 4. The summed E-state index contributed by atoms with van der Waals surface area (Å²) < 4.78 is 13.2. The molecule has 496 valence electrons. The highest BCUT2D eigenvalue weighted by Gasteiger charge is 2.46. The Bertz CT molecular complexity index is 6010. The van der Waals surface area contributed by atoms with Gasteiger partial charge in [0.1, 0.15) is 22.3 Å². The lowest BCUT2D eigenvalue weighted by molar-refractivity contribution is 0.590. The maximum Gasteiger partial charge on any atom is 0.252 e. The van der Waals surface area contributed by atoms with E-state index in [9.17, 15) is 0 Å². The van der Waals surface area contributed by atoms with Gasteiger partial charge in [-0.2, -0.15) is 0 Å². The fourth-order valence-electron chi connectivity index (χ4n) is 16.4. The zero-order valence-corrected chi connectivity index (χ0v) is 59.1. The largest absolute Gasteiger partial charge is 0.456 e. The molecule has 0 saturated carbocycles. The summed E-state index contributed by atoms with van der Waals surface area (Å²) in [6, 6.07) is 126. The van der Waals surface area contributed by atoms with Crippen LogP contribution in [0.3, 0.4) is 0 Å². The number of hydrogen-bond acceptors (Lipinski definition) is 5. The minimum absolute atomic E-state index is 0.0442. The maximum atomic E-state index is 6.65. The van der Waals surface area contributed by atoms with Gasteiger partial charge in [0.05, 0.1) is 11.4 Å². The number of furan rings is 2. The van der Waals surface area contributed by atoms with Crippen LogP contribution in [0.5, 0.6) is 0 Å². The lowest BCUT2D eigenvalue weighted by Gasteiger charge is -2.46. The van der Waals surface area contributed by atoms with Gasteiger partial charge in [0.25, 0.3) is 6.71 Å². The smallest absolute Gasteiger partial charge is 0.252 e. The van der Waals surface area contributed by atoms with E-state index in [4.69, 9.17) is 8.83 Å². The van der Waals surface area contributed by atoms with Crippen molar-refractivity contribution >= 4 is 118 Å². The van der Waals surface area contributed by atoms with Crippen LogP contribution in [0.2, 0.25) is 0 Å². The number of nitrogens with zero attached hydrogens (tertiary/aromatic N) is 3. The summed E-state index contributed by atoms with van der Waals surface area (Å²) in [7, 11) is 0. The van der Waals surface area contributed by atoms with Crippen molar-refractivity contribution in [2.24, 2.45) is 0 Å². The number of benzene rings is 15. The lowest BCUT2D eigenvalue weighted by atomic mass is 9.33. The molecule has 2 aromatic heterocycles. The molecule has 0 fully saturated rings. The van der Waals surface area contributed by atoms with Crippen LogP contribution in [0.4, 0.5) is 51.2 Å². The molecule has 104 heavy (non-hydrogen) atoms. The molecular weight excluding hydrogens is 1260 g/mol. The van der Waals surface area contributed by atoms with E-state index in [2.05, 4.69) is 390 Å². The predicted molar refractivity (Wildman–Crippen MR) is 440 cm³/mol. The second-order valence-corrected chi connectivity index (χ2v) is 30.0. The van der Waals surface area contributed by atoms with Crippen LogP contribution in [0, 0.1) is 0 Å². The molecule has 5 nitrogen and oxygen atoms in total. The van der Waals surface area contributed by atoms with E-state index in [0.717, 1.165) is 162 Å². The van der Waals surface area contributed by atoms with Gasteiger partial charge in [-0.3, -0.25) is 0 Å². The zero-order valence-electron chi connectivity index (χ0n) is 59.1. The number of fused-ring (bicyclic) bond motifs is 10. The number of rotatable bonds is 11. The Morgan fingerprint density at radius 2 is 0.596 bits per heavy atom. The molecule has 0 saturated heterocycles. The molecule has 15 aromatic carbocycles. The third-order valence-corrected chi connectivity index (χ3v) is 21.6. The molecule has 0 N–H and O–H groups in total. The molecule has 0 spiro atoms. The number of anilines is 9. The molecule has 0 amide bonds. The Hall–Kier alpha value is -12.6. The molecule has 0 atom stereocenters. The van der Waals surface area contributed by atoms with E-state index < -0.39 is 0 Å². The van der Waals surface area contributed by atoms with E-state index in [0.29, 0.717) is 0 Å². The van der Waals surface area contributed by atoms with Crippen LogP contribution in [0.15, 0.2) is 349 Å². The van der Waals surface area contributed by atoms with E-state index >= 15 is 0 Å². The summed E-state index contributed by atoms with van der Waals surface area (Å²) in [4.78, 5) is 7.79. The molecule has 17 aromatic rings. The molecule has 6 heteroatoms. The predicted octanol–water partition coefficient (Wildman–Crippen LogP) is 25.6. The van der Waals surface area contributed by atoms with E-state index in [1.54, 1.807) is 0 Å². The fraction of sp³-hybridized carbons (Fsp3) is 0.0816. The van der Waals surface area contributed by atoms with Crippen LogP contribution in [0.1, 0.15) is 52.7 Å². The van der Waals surface area contributed by atoms with E-state index in [-0.39, 0.29) is 17.5 Å². The van der Waals surface area contributed by atoms with Gasteiger partial charge in [-0.05, 0) is 174 Å². The average Bonchev–Trinajstić information content (AvgIpc) is 0.836. The first-order valence-electron chi connectivity index (χ1n) is 36.2. The zero-order chi connectivity index (χ0) is 70.0. The van der Waals surface area contributed by atoms with Gasteiger partial charge < -0.3 is 23.5 Å². The van der Waals surface area contributed by atoms with E-state index in [1.807, 2.05) is 6.07 Å². The maximum absolute atomic E-state index is 6.65.